The Morgan fingerprint density at radius 1 is 1.25 bits per heavy atom. The van der Waals surface area contributed by atoms with Crippen molar-refractivity contribution < 1.29 is 4.79 Å². The maximum atomic E-state index is 12.8. The normalized spacial score (nSPS) is 15.8. The van der Waals surface area contributed by atoms with Crippen molar-refractivity contribution in [3.05, 3.63) is 59.0 Å². The minimum atomic E-state index is 0.161. The van der Waals surface area contributed by atoms with Gasteiger partial charge in [0.2, 0.25) is 0 Å². The number of amides is 1. The number of likely N-dealkylation sites (tertiary alicyclic amines) is 1. The third-order valence-corrected chi connectivity index (χ3v) is 5.84. The number of aromatic nitrogens is 2. The number of fused-ring (bicyclic) bond motifs is 1. The minimum absolute atomic E-state index is 0.161. The van der Waals surface area contributed by atoms with Gasteiger partial charge in [-0.1, -0.05) is 18.2 Å². The molecule has 3 aromatic rings. The van der Waals surface area contributed by atoms with E-state index < -0.39 is 0 Å². The van der Waals surface area contributed by atoms with Gasteiger partial charge in [0.1, 0.15) is 6.33 Å². The van der Waals surface area contributed by atoms with Crippen LogP contribution in [0.4, 0.5) is 0 Å². The molecule has 1 saturated heterocycles. The van der Waals surface area contributed by atoms with Crippen molar-refractivity contribution in [3.63, 3.8) is 0 Å². The van der Waals surface area contributed by atoms with Crippen LogP contribution in [0.2, 0.25) is 0 Å². The van der Waals surface area contributed by atoms with Crippen molar-refractivity contribution in [2.24, 2.45) is 0 Å². The van der Waals surface area contributed by atoms with E-state index in [9.17, 15) is 4.79 Å². The lowest BCUT2D eigenvalue weighted by Crippen LogP contribution is -2.37. The Morgan fingerprint density at radius 2 is 2.04 bits per heavy atom. The van der Waals surface area contributed by atoms with Crippen molar-refractivity contribution in [2.75, 3.05) is 13.1 Å². The van der Waals surface area contributed by atoms with Crippen molar-refractivity contribution >= 4 is 27.3 Å². The largest absolute Gasteiger partial charge is 0.338 e. The Bertz CT molecular complexity index is 848. The highest BCUT2D eigenvalue weighted by atomic mass is 32.1. The molecule has 0 unspecified atom stereocenters. The summed E-state index contributed by atoms with van der Waals surface area (Å²) < 4.78 is 1.17. The number of carbonyl (C=O) groups excluding carboxylic acids is 1. The van der Waals surface area contributed by atoms with Crippen LogP contribution in [0, 0.1) is 6.92 Å². The molecule has 0 bridgehead atoms. The molecular formula is C19H19N3OS. The number of piperidine rings is 1. The summed E-state index contributed by atoms with van der Waals surface area (Å²) in [4.78, 5) is 24.1. The van der Waals surface area contributed by atoms with Gasteiger partial charge in [-0.3, -0.25) is 4.79 Å². The molecule has 4 rings (SSSR count). The average Bonchev–Trinajstić information content (AvgIpc) is 3.06. The van der Waals surface area contributed by atoms with Gasteiger partial charge in [0.25, 0.3) is 5.91 Å². The molecule has 24 heavy (non-hydrogen) atoms. The number of carbonyl (C=O) groups is 1. The van der Waals surface area contributed by atoms with Crippen LogP contribution < -0.4 is 0 Å². The summed E-state index contributed by atoms with van der Waals surface area (Å²) in [6, 6.07) is 10.2. The average molecular weight is 337 g/mol. The summed E-state index contributed by atoms with van der Waals surface area (Å²) in [7, 11) is 0. The molecule has 1 aliphatic heterocycles. The zero-order chi connectivity index (χ0) is 16.5. The van der Waals surface area contributed by atoms with E-state index in [1.54, 1.807) is 17.7 Å². The molecule has 0 N–H and O–H groups in total. The van der Waals surface area contributed by atoms with Crippen LogP contribution in [-0.4, -0.2) is 33.9 Å². The predicted octanol–water partition coefficient (Wildman–Crippen LogP) is 4.02. The zero-order valence-electron chi connectivity index (χ0n) is 13.6. The summed E-state index contributed by atoms with van der Waals surface area (Å²) in [5.41, 5.74) is 2.28. The molecule has 5 heteroatoms. The molecule has 1 aromatic carbocycles. The van der Waals surface area contributed by atoms with E-state index >= 15 is 0 Å². The SMILES string of the molecule is Cc1cncnc1C1CCN(C(=O)c2cc3ccccc3s2)CC1. The number of aryl methyl sites for hydroxylation is 1. The van der Waals surface area contributed by atoms with Crippen LogP contribution in [0.25, 0.3) is 10.1 Å². The third kappa shape index (κ3) is 2.80. The Balaban J connectivity index is 1.47. The van der Waals surface area contributed by atoms with Gasteiger partial charge in [-0.05, 0) is 42.8 Å². The van der Waals surface area contributed by atoms with Crippen molar-refractivity contribution in [1.82, 2.24) is 14.9 Å². The lowest BCUT2D eigenvalue weighted by atomic mass is 9.91. The summed E-state index contributed by atoms with van der Waals surface area (Å²) in [5, 5.41) is 1.15. The summed E-state index contributed by atoms with van der Waals surface area (Å²) in [6.45, 7) is 3.65. The highest BCUT2D eigenvalue weighted by Gasteiger charge is 2.26. The van der Waals surface area contributed by atoms with Crippen LogP contribution in [0.5, 0.6) is 0 Å². The zero-order valence-corrected chi connectivity index (χ0v) is 14.4. The fourth-order valence-electron chi connectivity index (χ4n) is 3.44. The molecule has 3 heterocycles. The quantitative estimate of drug-likeness (QED) is 0.709. The Kier molecular flexibility index (Phi) is 4.02. The predicted molar refractivity (Wildman–Crippen MR) is 96.5 cm³/mol. The van der Waals surface area contributed by atoms with Gasteiger partial charge in [0.15, 0.2) is 0 Å². The molecule has 0 radical (unpaired) electrons. The van der Waals surface area contributed by atoms with Crippen molar-refractivity contribution in [1.29, 1.82) is 0 Å². The summed E-state index contributed by atoms with van der Waals surface area (Å²) in [5.74, 6) is 0.591. The molecule has 1 fully saturated rings. The van der Waals surface area contributed by atoms with Gasteiger partial charge in [-0.25, -0.2) is 9.97 Å². The second-order valence-electron chi connectivity index (χ2n) is 6.31. The highest BCUT2D eigenvalue weighted by molar-refractivity contribution is 7.20. The van der Waals surface area contributed by atoms with Gasteiger partial charge < -0.3 is 4.90 Å². The molecule has 0 atom stereocenters. The van der Waals surface area contributed by atoms with Crippen LogP contribution in [0.15, 0.2) is 42.9 Å². The maximum absolute atomic E-state index is 12.8. The number of thiophene rings is 1. The van der Waals surface area contributed by atoms with Crippen molar-refractivity contribution in [3.8, 4) is 0 Å². The molecular weight excluding hydrogens is 318 g/mol. The lowest BCUT2D eigenvalue weighted by Gasteiger charge is -2.31. The molecule has 0 spiro atoms. The number of hydrogen-bond acceptors (Lipinski definition) is 4. The van der Waals surface area contributed by atoms with E-state index in [0.29, 0.717) is 5.92 Å². The Hall–Kier alpha value is -2.27. The standard InChI is InChI=1S/C19H19N3OS/c1-13-11-20-12-21-18(13)14-6-8-22(9-7-14)19(23)17-10-15-4-2-3-5-16(15)24-17/h2-5,10-12,14H,6-9H2,1H3. The van der Waals surface area contributed by atoms with E-state index in [1.807, 2.05) is 29.3 Å². The monoisotopic (exact) mass is 337 g/mol. The van der Waals surface area contributed by atoms with Gasteiger partial charge in [0.05, 0.1) is 4.88 Å². The first-order valence-corrected chi connectivity index (χ1v) is 9.08. The van der Waals surface area contributed by atoms with E-state index in [4.69, 9.17) is 0 Å². The molecule has 1 aliphatic rings. The first-order chi connectivity index (χ1) is 11.7. The van der Waals surface area contributed by atoms with Crippen LogP contribution >= 0.6 is 11.3 Å². The molecule has 2 aromatic heterocycles. The smallest absolute Gasteiger partial charge is 0.263 e. The van der Waals surface area contributed by atoms with Crippen LogP contribution in [0.3, 0.4) is 0 Å². The van der Waals surface area contributed by atoms with E-state index in [0.717, 1.165) is 47.5 Å². The highest BCUT2D eigenvalue weighted by Crippen LogP contribution is 2.31. The number of benzene rings is 1. The number of hydrogen-bond donors (Lipinski definition) is 0. The molecule has 1 amide bonds. The fraction of sp³-hybridized carbons (Fsp3) is 0.316. The fourth-order valence-corrected chi connectivity index (χ4v) is 4.47. The second-order valence-corrected chi connectivity index (χ2v) is 7.39. The van der Waals surface area contributed by atoms with Crippen LogP contribution in [-0.2, 0) is 0 Å². The van der Waals surface area contributed by atoms with Gasteiger partial charge in [0, 0.05) is 35.6 Å². The maximum Gasteiger partial charge on any atom is 0.263 e. The van der Waals surface area contributed by atoms with Crippen molar-refractivity contribution in [2.45, 2.75) is 25.7 Å². The lowest BCUT2D eigenvalue weighted by molar-refractivity contribution is 0.0717. The van der Waals surface area contributed by atoms with Gasteiger partial charge in [-0.15, -0.1) is 11.3 Å². The number of rotatable bonds is 2. The molecule has 0 aliphatic carbocycles. The number of nitrogens with zero attached hydrogens (tertiary/aromatic N) is 3. The first-order valence-electron chi connectivity index (χ1n) is 8.27. The Morgan fingerprint density at radius 3 is 2.79 bits per heavy atom. The third-order valence-electron chi connectivity index (χ3n) is 4.74. The molecule has 122 valence electrons. The van der Waals surface area contributed by atoms with Gasteiger partial charge in [-0.2, -0.15) is 0 Å². The molecule has 4 nitrogen and oxygen atoms in total. The van der Waals surface area contributed by atoms with E-state index in [2.05, 4.69) is 29.0 Å². The summed E-state index contributed by atoms with van der Waals surface area (Å²) in [6.07, 6.45) is 5.43. The van der Waals surface area contributed by atoms with E-state index in [1.165, 1.54) is 4.70 Å². The molecule has 0 saturated carbocycles. The first kappa shape index (κ1) is 15.3. The minimum Gasteiger partial charge on any atom is -0.338 e. The Labute approximate surface area is 145 Å². The van der Waals surface area contributed by atoms with Crippen LogP contribution in [0.1, 0.15) is 39.7 Å². The van der Waals surface area contributed by atoms with Gasteiger partial charge >= 0.3 is 0 Å². The van der Waals surface area contributed by atoms with E-state index in [-0.39, 0.29) is 5.91 Å². The summed E-state index contributed by atoms with van der Waals surface area (Å²) >= 11 is 1.59. The topological polar surface area (TPSA) is 46.1 Å². The second kappa shape index (κ2) is 6.32.